The van der Waals surface area contributed by atoms with Crippen molar-refractivity contribution < 1.29 is 0 Å². The number of nitrogens with two attached hydrogens (primary N) is 1. The zero-order valence-electron chi connectivity index (χ0n) is 11.9. The van der Waals surface area contributed by atoms with Crippen LogP contribution in [0.5, 0.6) is 0 Å². The molecule has 108 valence electrons. The summed E-state index contributed by atoms with van der Waals surface area (Å²) < 4.78 is 1.79. The van der Waals surface area contributed by atoms with Crippen LogP contribution in [0.4, 0.5) is 5.82 Å². The average Bonchev–Trinajstić information content (AvgIpc) is 3.02. The van der Waals surface area contributed by atoms with Gasteiger partial charge in [0, 0.05) is 29.4 Å². The Labute approximate surface area is 127 Å². The first kappa shape index (κ1) is 13.7. The lowest BCUT2D eigenvalue weighted by molar-refractivity contribution is 0.746. The van der Waals surface area contributed by atoms with E-state index in [1.807, 2.05) is 37.5 Å². The number of H-pyrrole nitrogens is 1. The number of nitrogen functional groups attached to an aromatic ring is 1. The van der Waals surface area contributed by atoms with Gasteiger partial charge in [0.15, 0.2) is 5.82 Å². The summed E-state index contributed by atoms with van der Waals surface area (Å²) in [5.41, 5.74) is 10.6. The second-order valence-corrected chi connectivity index (χ2v) is 5.26. The van der Waals surface area contributed by atoms with Crippen LogP contribution in [0.1, 0.15) is 12.6 Å². The van der Waals surface area contributed by atoms with Gasteiger partial charge in [-0.3, -0.25) is 9.78 Å². The van der Waals surface area contributed by atoms with E-state index in [0.717, 1.165) is 34.5 Å². The highest BCUT2D eigenvalue weighted by molar-refractivity contribution is 6.33. The van der Waals surface area contributed by atoms with Gasteiger partial charge < -0.3 is 5.73 Å². The Hall–Kier alpha value is -2.27. The fourth-order valence-electron chi connectivity index (χ4n) is 2.49. The first-order valence-corrected chi connectivity index (χ1v) is 7.11. The molecule has 5 nitrogen and oxygen atoms in total. The van der Waals surface area contributed by atoms with Crippen LogP contribution >= 0.6 is 11.6 Å². The Morgan fingerprint density at radius 1 is 1.29 bits per heavy atom. The minimum atomic E-state index is 0.434. The Bertz CT molecular complexity index is 787. The molecule has 0 atom stereocenters. The zero-order chi connectivity index (χ0) is 15.0. The molecule has 6 heteroatoms. The number of halogens is 1. The molecule has 0 aliphatic heterocycles. The maximum atomic E-state index is 6.31. The lowest BCUT2D eigenvalue weighted by Gasteiger charge is -2.06. The molecule has 0 amide bonds. The van der Waals surface area contributed by atoms with Gasteiger partial charge in [0.05, 0.1) is 17.0 Å². The standard InChI is InChI=1S/C15H16ClN5/c1-3-12-10(8-21(2)20-12)14-13(15(17)19-18-14)9-6-4-5-7-11(9)16/h4-8H,3H2,1-2H3,(H3,17,18,19). The Morgan fingerprint density at radius 3 is 2.76 bits per heavy atom. The van der Waals surface area contributed by atoms with Crippen LogP contribution in [0.2, 0.25) is 5.02 Å². The van der Waals surface area contributed by atoms with Crippen molar-refractivity contribution in [2.24, 2.45) is 7.05 Å². The molecule has 0 unspecified atom stereocenters. The van der Waals surface area contributed by atoms with Crippen molar-refractivity contribution in [1.29, 1.82) is 0 Å². The summed E-state index contributed by atoms with van der Waals surface area (Å²) in [6.07, 6.45) is 2.79. The highest BCUT2D eigenvalue weighted by Crippen LogP contribution is 2.39. The zero-order valence-corrected chi connectivity index (χ0v) is 12.6. The predicted octanol–water partition coefficient (Wildman–Crippen LogP) is 3.28. The Balaban J connectivity index is 2.25. The van der Waals surface area contributed by atoms with Gasteiger partial charge in [0.2, 0.25) is 0 Å². The monoisotopic (exact) mass is 301 g/mol. The van der Waals surface area contributed by atoms with Crippen molar-refractivity contribution in [3.8, 4) is 22.4 Å². The molecule has 3 N–H and O–H groups in total. The van der Waals surface area contributed by atoms with Crippen LogP contribution in [0.25, 0.3) is 22.4 Å². The molecule has 3 rings (SSSR count). The van der Waals surface area contributed by atoms with Crippen molar-refractivity contribution in [1.82, 2.24) is 20.0 Å². The molecule has 1 aromatic carbocycles. The van der Waals surface area contributed by atoms with Crippen LogP contribution in [-0.2, 0) is 13.5 Å². The van der Waals surface area contributed by atoms with Gasteiger partial charge >= 0.3 is 0 Å². The molecule has 2 aromatic heterocycles. The van der Waals surface area contributed by atoms with Crippen LogP contribution < -0.4 is 5.73 Å². The van der Waals surface area contributed by atoms with E-state index in [9.17, 15) is 0 Å². The lowest BCUT2D eigenvalue weighted by atomic mass is 10.0. The van der Waals surface area contributed by atoms with Crippen molar-refractivity contribution in [2.75, 3.05) is 5.73 Å². The van der Waals surface area contributed by atoms with E-state index in [1.165, 1.54) is 0 Å². The van der Waals surface area contributed by atoms with Crippen molar-refractivity contribution in [2.45, 2.75) is 13.3 Å². The fraction of sp³-hybridized carbons (Fsp3) is 0.200. The van der Waals surface area contributed by atoms with Crippen LogP contribution in [-0.4, -0.2) is 20.0 Å². The number of hydrogen-bond donors (Lipinski definition) is 2. The van der Waals surface area contributed by atoms with Crippen LogP contribution in [0, 0.1) is 0 Å². The van der Waals surface area contributed by atoms with Crippen molar-refractivity contribution in [3.63, 3.8) is 0 Å². The van der Waals surface area contributed by atoms with Gasteiger partial charge in [0.1, 0.15) is 0 Å². The number of anilines is 1. The predicted molar refractivity (Wildman–Crippen MR) is 85.0 cm³/mol. The van der Waals surface area contributed by atoms with E-state index in [2.05, 4.69) is 22.2 Å². The summed E-state index contributed by atoms with van der Waals surface area (Å²) in [6.45, 7) is 2.07. The number of aryl methyl sites for hydroxylation is 2. The average molecular weight is 302 g/mol. The summed E-state index contributed by atoms with van der Waals surface area (Å²) >= 11 is 6.31. The van der Waals surface area contributed by atoms with Gasteiger partial charge in [-0.05, 0) is 12.5 Å². The minimum Gasteiger partial charge on any atom is -0.382 e. The molecule has 0 saturated carbocycles. The molecule has 2 heterocycles. The first-order chi connectivity index (χ1) is 10.1. The van der Waals surface area contributed by atoms with Gasteiger partial charge in [-0.25, -0.2) is 0 Å². The molecule has 0 radical (unpaired) electrons. The molecule has 0 aliphatic carbocycles. The molecule has 0 saturated heterocycles. The van der Waals surface area contributed by atoms with Gasteiger partial charge in [0.25, 0.3) is 0 Å². The highest BCUT2D eigenvalue weighted by atomic mass is 35.5. The number of aromatic nitrogens is 4. The van der Waals surface area contributed by atoms with Gasteiger partial charge in [-0.2, -0.15) is 10.2 Å². The van der Waals surface area contributed by atoms with Crippen LogP contribution in [0.15, 0.2) is 30.5 Å². The molecular weight excluding hydrogens is 286 g/mol. The first-order valence-electron chi connectivity index (χ1n) is 6.73. The maximum Gasteiger partial charge on any atom is 0.153 e. The third kappa shape index (κ3) is 2.29. The molecule has 0 fully saturated rings. The normalized spacial score (nSPS) is 11.0. The summed E-state index contributed by atoms with van der Waals surface area (Å²) in [7, 11) is 1.90. The maximum absolute atomic E-state index is 6.31. The highest BCUT2D eigenvalue weighted by Gasteiger charge is 2.20. The van der Waals surface area contributed by atoms with E-state index in [-0.39, 0.29) is 0 Å². The van der Waals surface area contributed by atoms with Gasteiger partial charge in [-0.15, -0.1) is 0 Å². The SMILES string of the molecule is CCc1nn(C)cc1-c1[nH]nc(N)c1-c1ccccc1Cl. The molecule has 0 aliphatic rings. The largest absolute Gasteiger partial charge is 0.382 e. The summed E-state index contributed by atoms with van der Waals surface area (Å²) in [5.74, 6) is 0.434. The minimum absolute atomic E-state index is 0.434. The number of rotatable bonds is 3. The van der Waals surface area contributed by atoms with Crippen molar-refractivity contribution in [3.05, 3.63) is 41.2 Å². The van der Waals surface area contributed by atoms with E-state index in [1.54, 1.807) is 4.68 Å². The summed E-state index contributed by atoms with van der Waals surface area (Å²) in [5, 5.41) is 12.3. The van der Waals surface area contributed by atoms with E-state index < -0.39 is 0 Å². The van der Waals surface area contributed by atoms with Crippen molar-refractivity contribution >= 4 is 17.4 Å². The number of nitrogens with one attached hydrogen (secondary N) is 1. The van der Waals surface area contributed by atoms with E-state index in [0.29, 0.717) is 10.8 Å². The van der Waals surface area contributed by atoms with E-state index in [4.69, 9.17) is 17.3 Å². The lowest BCUT2D eigenvalue weighted by Crippen LogP contribution is -1.91. The number of hydrogen-bond acceptors (Lipinski definition) is 3. The van der Waals surface area contributed by atoms with Crippen LogP contribution in [0.3, 0.4) is 0 Å². The summed E-state index contributed by atoms with van der Waals surface area (Å²) in [4.78, 5) is 0. The second-order valence-electron chi connectivity index (χ2n) is 4.86. The number of benzene rings is 1. The Kier molecular flexibility index (Phi) is 3.43. The summed E-state index contributed by atoms with van der Waals surface area (Å²) in [6, 6.07) is 7.61. The molecule has 21 heavy (non-hydrogen) atoms. The topological polar surface area (TPSA) is 72.5 Å². The van der Waals surface area contributed by atoms with Gasteiger partial charge in [-0.1, -0.05) is 36.7 Å². The smallest absolute Gasteiger partial charge is 0.153 e. The number of nitrogens with zero attached hydrogens (tertiary/aromatic N) is 3. The molecule has 0 bridgehead atoms. The number of aromatic amines is 1. The molecule has 0 spiro atoms. The fourth-order valence-corrected chi connectivity index (χ4v) is 2.72. The molecular formula is C15H16ClN5. The third-order valence-corrected chi connectivity index (χ3v) is 3.78. The van der Waals surface area contributed by atoms with E-state index >= 15 is 0 Å². The Morgan fingerprint density at radius 2 is 2.05 bits per heavy atom. The third-order valence-electron chi connectivity index (χ3n) is 3.45. The molecule has 3 aromatic rings. The quantitative estimate of drug-likeness (QED) is 0.780. The second kappa shape index (κ2) is 5.26.